The van der Waals surface area contributed by atoms with Crippen LogP contribution in [0.5, 0.6) is 5.75 Å². The van der Waals surface area contributed by atoms with Crippen molar-refractivity contribution in [3.05, 3.63) is 59.5 Å². The quantitative estimate of drug-likeness (QED) is 0.628. The summed E-state index contributed by atoms with van der Waals surface area (Å²) in [5.41, 5.74) is 1.23. The van der Waals surface area contributed by atoms with Gasteiger partial charge in [0.15, 0.2) is 5.82 Å². The number of carbonyl (C=O) groups is 1. The Bertz CT molecular complexity index is 987. The number of aromatic nitrogens is 1. The summed E-state index contributed by atoms with van der Waals surface area (Å²) in [5.74, 6) is -0.113. The normalized spacial score (nSPS) is 10.7. The van der Waals surface area contributed by atoms with E-state index in [1.807, 2.05) is 12.1 Å². The second-order valence-electron chi connectivity index (χ2n) is 5.14. The summed E-state index contributed by atoms with van der Waals surface area (Å²) >= 11 is 1.31. The van der Waals surface area contributed by atoms with Gasteiger partial charge in [-0.25, -0.2) is 22.5 Å². The lowest BCUT2D eigenvalue weighted by Gasteiger charge is -2.14. The molecule has 7 nitrogen and oxygen atoms in total. The predicted octanol–water partition coefficient (Wildman–Crippen LogP) is 3.18. The zero-order chi connectivity index (χ0) is 18.7. The zero-order valence-corrected chi connectivity index (χ0v) is 15.2. The number of nitrogens with zero attached hydrogens (tertiary/aromatic N) is 2. The highest BCUT2D eigenvalue weighted by Crippen LogP contribution is 2.32. The molecule has 1 aromatic heterocycles. The molecule has 0 atom stereocenters. The smallest absolute Gasteiger partial charge is 0.335 e. The number of carboxylic acid groups (broad SMARTS) is 1. The third-order valence-electron chi connectivity index (χ3n) is 3.57. The molecule has 0 fully saturated rings. The molecule has 2 aromatic carbocycles. The van der Waals surface area contributed by atoms with Crippen molar-refractivity contribution in [2.75, 3.05) is 11.4 Å². The van der Waals surface area contributed by atoms with Gasteiger partial charge in [0.2, 0.25) is 10.9 Å². The van der Waals surface area contributed by atoms with E-state index in [1.54, 1.807) is 24.6 Å². The molecule has 0 amide bonds. The molecule has 0 aliphatic carbocycles. The fourth-order valence-corrected chi connectivity index (χ4v) is 3.75. The molecule has 0 aliphatic heterocycles. The van der Waals surface area contributed by atoms with Crippen LogP contribution in [0.3, 0.4) is 0 Å². The number of methoxy groups -OCH3 is 1. The van der Waals surface area contributed by atoms with Gasteiger partial charge >= 0.3 is 5.97 Å². The zero-order valence-electron chi connectivity index (χ0n) is 13.5. The highest BCUT2D eigenvalue weighted by molar-refractivity contribution is 7.74. The Morgan fingerprint density at radius 2 is 1.77 bits per heavy atom. The van der Waals surface area contributed by atoms with Crippen molar-refractivity contribution in [3.63, 3.8) is 0 Å². The van der Waals surface area contributed by atoms with Gasteiger partial charge in [-0.3, -0.25) is 0 Å². The van der Waals surface area contributed by atoms with Crippen molar-refractivity contribution >= 4 is 39.7 Å². The average Bonchev–Trinajstić information content (AvgIpc) is 3.11. The van der Waals surface area contributed by atoms with Crippen molar-refractivity contribution in [1.82, 2.24) is 4.98 Å². The van der Waals surface area contributed by atoms with E-state index in [2.05, 4.69) is 4.98 Å². The molecule has 0 saturated heterocycles. The van der Waals surface area contributed by atoms with Gasteiger partial charge in [0, 0.05) is 10.9 Å². The molecule has 0 unspecified atom stereocenters. The van der Waals surface area contributed by atoms with Gasteiger partial charge in [-0.05, 0) is 48.5 Å². The van der Waals surface area contributed by atoms with E-state index in [9.17, 15) is 13.2 Å². The molecule has 9 heteroatoms. The topological polar surface area (TPSA) is 96.8 Å². The van der Waals surface area contributed by atoms with Gasteiger partial charge in [-0.15, -0.1) is 11.3 Å². The van der Waals surface area contributed by atoms with Crippen LogP contribution < -0.4 is 9.04 Å². The maximum atomic E-state index is 11.7. The number of rotatable bonds is 6. The summed E-state index contributed by atoms with van der Waals surface area (Å²) in [5, 5.41) is 11.2. The van der Waals surface area contributed by atoms with E-state index in [1.165, 1.54) is 35.6 Å². The van der Waals surface area contributed by atoms with Crippen molar-refractivity contribution in [2.45, 2.75) is 0 Å². The minimum absolute atomic E-state index is 0.0759. The summed E-state index contributed by atoms with van der Waals surface area (Å²) in [6.45, 7) is 0. The number of hydrogen-bond acceptors (Lipinski definition) is 6. The fraction of sp³-hybridized carbons (Fsp3) is 0.0588. The molecule has 0 radical (unpaired) electrons. The lowest BCUT2D eigenvalue weighted by atomic mass is 10.2. The molecule has 0 bridgehead atoms. The van der Waals surface area contributed by atoms with E-state index in [4.69, 9.17) is 9.84 Å². The van der Waals surface area contributed by atoms with Crippen molar-refractivity contribution in [3.8, 4) is 16.3 Å². The Labute approximate surface area is 155 Å². The summed E-state index contributed by atoms with van der Waals surface area (Å²) in [7, 11) is -1.42. The Morgan fingerprint density at radius 3 is 2.31 bits per heavy atom. The van der Waals surface area contributed by atoms with Crippen LogP contribution in [0, 0.1) is 0 Å². The second kappa shape index (κ2) is 7.54. The van der Waals surface area contributed by atoms with E-state index < -0.39 is 16.9 Å². The number of aromatic carboxylic acids is 1. The van der Waals surface area contributed by atoms with Gasteiger partial charge < -0.3 is 9.84 Å². The highest BCUT2D eigenvalue weighted by atomic mass is 32.2. The Balaban J connectivity index is 1.94. The van der Waals surface area contributed by atoms with Gasteiger partial charge in [0.25, 0.3) is 0 Å². The fourth-order valence-electron chi connectivity index (χ4n) is 2.28. The molecule has 3 rings (SSSR count). The minimum Gasteiger partial charge on any atom is -0.497 e. The number of thiazole rings is 1. The number of benzene rings is 2. The summed E-state index contributed by atoms with van der Waals surface area (Å²) in [6.07, 6.45) is 0. The minimum atomic E-state index is -2.99. The third-order valence-corrected chi connectivity index (χ3v) is 5.21. The molecule has 0 saturated carbocycles. The van der Waals surface area contributed by atoms with Crippen molar-refractivity contribution < 1.29 is 23.1 Å². The first kappa shape index (κ1) is 17.9. The standard InChI is InChI=1S/C17H14N2O5S2/c1-24-14-8-4-11(5-9-14)16-18-15(10-25-16)19(26(22)23)13-6-2-12(3-7-13)17(20)21/h2-10,26H,1H3,(H,20,21). The molecule has 0 aliphatic rings. The van der Waals surface area contributed by atoms with Gasteiger partial charge in [-0.1, -0.05) is 0 Å². The van der Waals surface area contributed by atoms with E-state index in [0.717, 1.165) is 9.87 Å². The highest BCUT2D eigenvalue weighted by Gasteiger charge is 2.17. The number of thiol groups is 1. The number of hydrogen-bond donors (Lipinski definition) is 2. The van der Waals surface area contributed by atoms with Crippen LogP contribution >= 0.6 is 11.3 Å². The SMILES string of the molecule is COc1ccc(-c2nc(N(c3ccc(C(=O)O)cc3)[SH](=O)=O)cs2)cc1. The van der Waals surface area contributed by atoms with Crippen LogP contribution in [0.2, 0.25) is 0 Å². The van der Waals surface area contributed by atoms with E-state index in [0.29, 0.717) is 16.4 Å². The van der Waals surface area contributed by atoms with Crippen LogP contribution in [-0.4, -0.2) is 31.6 Å². The first-order chi connectivity index (χ1) is 12.5. The van der Waals surface area contributed by atoms with E-state index >= 15 is 0 Å². The van der Waals surface area contributed by atoms with E-state index in [-0.39, 0.29) is 11.4 Å². The molecule has 1 heterocycles. The summed E-state index contributed by atoms with van der Waals surface area (Å²) in [4.78, 5) is 15.3. The monoisotopic (exact) mass is 390 g/mol. The Morgan fingerprint density at radius 1 is 1.12 bits per heavy atom. The van der Waals surface area contributed by atoms with Crippen LogP contribution in [0.1, 0.15) is 10.4 Å². The molecule has 134 valence electrons. The largest absolute Gasteiger partial charge is 0.497 e. The first-order valence-electron chi connectivity index (χ1n) is 7.37. The van der Waals surface area contributed by atoms with Crippen molar-refractivity contribution in [1.29, 1.82) is 0 Å². The number of ether oxygens (including phenoxy) is 1. The molecule has 26 heavy (non-hydrogen) atoms. The molecule has 0 spiro atoms. The van der Waals surface area contributed by atoms with Gasteiger partial charge in [0.1, 0.15) is 10.8 Å². The second-order valence-corrected chi connectivity index (χ2v) is 6.87. The molecule has 3 aromatic rings. The summed E-state index contributed by atoms with van der Waals surface area (Å²) < 4.78 is 29.6. The number of anilines is 2. The van der Waals surface area contributed by atoms with Crippen LogP contribution in [0.25, 0.3) is 10.6 Å². The van der Waals surface area contributed by atoms with Gasteiger partial charge in [0.05, 0.1) is 18.4 Å². The predicted molar refractivity (Wildman–Crippen MR) is 100.0 cm³/mol. The Kier molecular flexibility index (Phi) is 5.19. The van der Waals surface area contributed by atoms with Crippen LogP contribution in [-0.2, 0) is 10.9 Å². The molecule has 1 N–H and O–H groups in total. The lowest BCUT2D eigenvalue weighted by Crippen LogP contribution is -2.15. The molecular weight excluding hydrogens is 376 g/mol. The summed E-state index contributed by atoms with van der Waals surface area (Å²) in [6, 6.07) is 12.8. The van der Waals surface area contributed by atoms with Gasteiger partial charge in [-0.2, -0.15) is 0 Å². The first-order valence-corrected chi connectivity index (χ1v) is 9.38. The third kappa shape index (κ3) is 3.68. The van der Waals surface area contributed by atoms with Crippen LogP contribution in [0.4, 0.5) is 11.5 Å². The van der Waals surface area contributed by atoms with Crippen LogP contribution in [0.15, 0.2) is 53.9 Å². The van der Waals surface area contributed by atoms with Crippen molar-refractivity contribution in [2.24, 2.45) is 0 Å². The average molecular weight is 390 g/mol. The maximum absolute atomic E-state index is 11.7. The maximum Gasteiger partial charge on any atom is 0.335 e. The number of carboxylic acids is 1. The lowest BCUT2D eigenvalue weighted by molar-refractivity contribution is 0.0697. The molecular formula is C17H14N2O5S2. The Hall–Kier alpha value is -2.91.